The van der Waals surface area contributed by atoms with Gasteiger partial charge in [-0.2, -0.15) is 0 Å². The first-order valence-corrected chi connectivity index (χ1v) is 6.02. The third-order valence-electron chi connectivity index (χ3n) is 4.39. The van der Waals surface area contributed by atoms with Crippen LogP contribution in [0, 0.1) is 11.3 Å². The van der Waals surface area contributed by atoms with Gasteiger partial charge in [-0.25, -0.2) is 0 Å². The Balaban J connectivity index is 1.61. The average Bonchev–Trinajstić information content (AvgIpc) is 3.07. The fraction of sp³-hybridized carbons (Fsp3) is 0.917. The molecule has 1 unspecified atom stereocenters. The van der Waals surface area contributed by atoms with E-state index in [9.17, 15) is 4.79 Å². The molecular formula is C12H18O3. The summed E-state index contributed by atoms with van der Waals surface area (Å²) in [6, 6.07) is 0. The van der Waals surface area contributed by atoms with Gasteiger partial charge in [-0.15, -0.1) is 0 Å². The van der Waals surface area contributed by atoms with Gasteiger partial charge in [-0.1, -0.05) is 0 Å². The van der Waals surface area contributed by atoms with Crippen LogP contribution in [0.15, 0.2) is 0 Å². The highest BCUT2D eigenvalue weighted by Crippen LogP contribution is 2.55. The summed E-state index contributed by atoms with van der Waals surface area (Å²) in [7, 11) is 0. The van der Waals surface area contributed by atoms with Crippen molar-refractivity contribution in [3.63, 3.8) is 0 Å². The van der Waals surface area contributed by atoms with Crippen molar-refractivity contribution in [2.24, 2.45) is 11.3 Å². The van der Waals surface area contributed by atoms with Crippen molar-refractivity contribution in [1.29, 1.82) is 0 Å². The average molecular weight is 210 g/mol. The second kappa shape index (κ2) is 2.97. The molecule has 15 heavy (non-hydrogen) atoms. The zero-order chi connectivity index (χ0) is 10.5. The zero-order valence-corrected chi connectivity index (χ0v) is 9.00. The molecule has 3 heteroatoms. The predicted molar refractivity (Wildman–Crippen MR) is 54.6 cm³/mol. The number of hydrogen-bond acceptors (Lipinski definition) is 2. The fourth-order valence-electron chi connectivity index (χ4n) is 3.00. The molecular weight excluding hydrogens is 192 g/mol. The molecule has 3 aliphatic rings. The van der Waals surface area contributed by atoms with Gasteiger partial charge in [0.25, 0.3) is 0 Å². The molecule has 1 spiro atoms. The predicted octanol–water partition coefficient (Wildman–Crippen LogP) is 2.20. The summed E-state index contributed by atoms with van der Waals surface area (Å²) in [6.45, 7) is 0.848. The lowest BCUT2D eigenvalue weighted by molar-refractivity contribution is -0.144. The molecule has 1 atom stereocenters. The van der Waals surface area contributed by atoms with E-state index in [2.05, 4.69) is 0 Å². The quantitative estimate of drug-likeness (QED) is 0.776. The van der Waals surface area contributed by atoms with E-state index in [-0.39, 0.29) is 11.0 Å². The Labute approximate surface area is 89.8 Å². The van der Waals surface area contributed by atoms with Gasteiger partial charge in [0, 0.05) is 6.61 Å². The number of carbonyl (C=O) groups is 1. The van der Waals surface area contributed by atoms with Gasteiger partial charge in [0.2, 0.25) is 0 Å². The summed E-state index contributed by atoms with van der Waals surface area (Å²) >= 11 is 0. The van der Waals surface area contributed by atoms with Gasteiger partial charge < -0.3 is 9.84 Å². The molecule has 84 valence electrons. The van der Waals surface area contributed by atoms with E-state index >= 15 is 0 Å². The van der Waals surface area contributed by atoms with E-state index in [1.165, 1.54) is 12.8 Å². The lowest BCUT2D eigenvalue weighted by Crippen LogP contribution is -2.30. The summed E-state index contributed by atoms with van der Waals surface area (Å²) in [5, 5.41) is 9.15. The molecule has 1 N–H and O–H groups in total. The molecule has 1 saturated heterocycles. The molecule has 1 heterocycles. The maximum Gasteiger partial charge on any atom is 0.309 e. The first kappa shape index (κ1) is 9.64. The van der Waals surface area contributed by atoms with E-state index in [0.29, 0.717) is 5.92 Å². The van der Waals surface area contributed by atoms with Crippen molar-refractivity contribution in [3.8, 4) is 0 Å². The molecule has 3 rings (SSSR count). The summed E-state index contributed by atoms with van der Waals surface area (Å²) < 4.78 is 5.75. The molecule has 0 bridgehead atoms. The van der Waals surface area contributed by atoms with Crippen molar-refractivity contribution in [3.05, 3.63) is 0 Å². The van der Waals surface area contributed by atoms with Crippen LogP contribution in [0.4, 0.5) is 0 Å². The Morgan fingerprint density at radius 3 is 2.60 bits per heavy atom. The number of ether oxygens (including phenoxy) is 1. The Morgan fingerprint density at radius 2 is 2.07 bits per heavy atom. The van der Waals surface area contributed by atoms with Crippen LogP contribution in [0.3, 0.4) is 0 Å². The van der Waals surface area contributed by atoms with E-state index in [0.717, 1.165) is 38.7 Å². The second-order valence-electron chi connectivity index (χ2n) is 5.68. The van der Waals surface area contributed by atoms with Gasteiger partial charge in [0.05, 0.1) is 11.0 Å². The minimum atomic E-state index is -0.571. The first-order chi connectivity index (χ1) is 7.14. The number of aliphatic carboxylic acids is 1. The standard InChI is InChI=1S/C12H18O3/c13-10(14)11(2-3-11)7-9-1-6-15-12(8-9)4-5-12/h9H,1-8H2,(H,13,14). The smallest absolute Gasteiger partial charge is 0.309 e. The van der Waals surface area contributed by atoms with Crippen molar-refractivity contribution >= 4 is 5.97 Å². The summed E-state index contributed by atoms with van der Waals surface area (Å²) in [5.41, 5.74) is -0.143. The highest BCUT2D eigenvalue weighted by Gasteiger charge is 2.54. The highest BCUT2D eigenvalue weighted by atomic mass is 16.5. The van der Waals surface area contributed by atoms with E-state index in [4.69, 9.17) is 9.84 Å². The lowest BCUT2D eigenvalue weighted by atomic mass is 9.84. The van der Waals surface area contributed by atoms with E-state index < -0.39 is 5.97 Å². The Morgan fingerprint density at radius 1 is 1.33 bits per heavy atom. The molecule has 3 nitrogen and oxygen atoms in total. The van der Waals surface area contributed by atoms with Crippen molar-refractivity contribution in [2.75, 3.05) is 6.61 Å². The fourth-order valence-corrected chi connectivity index (χ4v) is 3.00. The number of rotatable bonds is 3. The van der Waals surface area contributed by atoms with Crippen LogP contribution in [-0.2, 0) is 9.53 Å². The molecule has 0 amide bonds. The molecule has 0 radical (unpaired) electrons. The van der Waals surface area contributed by atoms with Crippen LogP contribution in [0.2, 0.25) is 0 Å². The molecule has 2 aliphatic carbocycles. The van der Waals surface area contributed by atoms with Crippen molar-refractivity contribution < 1.29 is 14.6 Å². The number of hydrogen-bond donors (Lipinski definition) is 1. The Bertz CT molecular complexity index is 289. The van der Waals surface area contributed by atoms with Crippen molar-refractivity contribution in [2.45, 2.75) is 50.5 Å². The van der Waals surface area contributed by atoms with Crippen LogP contribution in [0.25, 0.3) is 0 Å². The van der Waals surface area contributed by atoms with Crippen molar-refractivity contribution in [1.82, 2.24) is 0 Å². The third-order valence-corrected chi connectivity index (χ3v) is 4.39. The minimum absolute atomic E-state index is 0.192. The largest absolute Gasteiger partial charge is 0.481 e. The highest BCUT2D eigenvalue weighted by molar-refractivity contribution is 5.77. The van der Waals surface area contributed by atoms with Crippen LogP contribution in [0.5, 0.6) is 0 Å². The third kappa shape index (κ3) is 1.67. The van der Waals surface area contributed by atoms with Gasteiger partial charge in [-0.05, 0) is 50.9 Å². The van der Waals surface area contributed by atoms with Gasteiger partial charge in [0.1, 0.15) is 0 Å². The molecule has 1 aliphatic heterocycles. The summed E-state index contributed by atoms with van der Waals surface area (Å²) in [6.07, 6.45) is 7.26. The number of carboxylic acid groups (broad SMARTS) is 1. The maximum absolute atomic E-state index is 11.1. The zero-order valence-electron chi connectivity index (χ0n) is 9.00. The van der Waals surface area contributed by atoms with Crippen LogP contribution < -0.4 is 0 Å². The van der Waals surface area contributed by atoms with Crippen LogP contribution in [-0.4, -0.2) is 23.3 Å². The van der Waals surface area contributed by atoms with Crippen LogP contribution in [0.1, 0.15) is 44.9 Å². The summed E-state index contributed by atoms with van der Waals surface area (Å²) in [4.78, 5) is 11.1. The van der Waals surface area contributed by atoms with E-state index in [1.54, 1.807) is 0 Å². The summed E-state index contributed by atoms with van der Waals surface area (Å²) in [5.74, 6) is 0.0266. The lowest BCUT2D eigenvalue weighted by Gasteiger charge is -2.31. The first-order valence-electron chi connectivity index (χ1n) is 6.02. The SMILES string of the molecule is O=C(O)C1(CC2CCOC3(CC3)C2)CC1. The van der Waals surface area contributed by atoms with Gasteiger partial charge >= 0.3 is 5.97 Å². The Kier molecular flexibility index (Phi) is 1.91. The molecule has 3 fully saturated rings. The molecule has 2 saturated carbocycles. The van der Waals surface area contributed by atoms with Gasteiger partial charge in [-0.3, -0.25) is 4.79 Å². The second-order valence-corrected chi connectivity index (χ2v) is 5.68. The van der Waals surface area contributed by atoms with Gasteiger partial charge in [0.15, 0.2) is 0 Å². The topological polar surface area (TPSA) is 46.5 Å². The molecule has 0 aromatic carbocycles. The maximum atomic E-state index is 11.1. The Hall–Kier alpha value is -0.570. The minimum Gasteiger partial charge on any atom is -0.481 e. The monoisotopic (exact) mass is 210 g/mol. The van der Waals surface area contributed by atoms with Crippen LogP contribution >= 0.6 is 0 Å². The molecule has 0 aromatic heterocycles. The normalized spacial score (nSPS) is 35.1. The van der Waals surface area contributed by atoms with E-state index in [1.807, 2.05) is 0 Å². The molecule has 0 aromatic rings. The number of carboxylic acids is 1.